The first-order valence-corrected chi connectivity index (χ1v) is 13.2. The Morgan fingerprint density at radius 1 is 0.395 bits per heavy atom. The van der Waals surface area contributed by atoms with Gasteiger partial charge in [-0.3, -0.25) is 0 Å². The molecule has 6 aromatic carbocycles. The maximum Gasteiger partial charge on any atom is 0.0546 e. The number of hydrogen-bond donors (Lipinski definition) is 0. The van der Waals surface area contributed by atoms with Crippen LogP contribution in [0.4, 0.5) is 0 Å². The molecule has 0 saturated heterocycles. The lowest BCUT2D eigenvalue weighted by molar-refractivity contribution is 1.18. The molecule has 1 nitrogen and oxygen atoms in total. The zero-order valence-corrected chi connectivity index (χ0v) is 21.4. The largest absolute Gasteiger partial charge is 0.309 e. The molecule has 0 N–H and O–H groups in total. The molecule has 0 unspecified atom stereocenters. The van der Waals surface area contributed by atoms with E-state index in [0.29, 0.717) is 0 Å². The molecular weight excluding hydrogens is 482 g/mol. The number of aromatic nitrogens is 1. The topological polar surface area (TPSA) is 4.93 Å². The summed E-state index contributed by atoms with van der Waals surface area (Å²) in [5.74, 6) is 0. The molecule has 0 aliphatic rings. The predicted octanol–water partition coefficient (Wildman–Crippen LogP) is 10.4. The lowest BCUT2D eigenvalue weighted by atomic mass is 9.91. The normalized spacial score (nSPS) is 11.3. The molecule has 1 aromatic heterocycles. The SMILES string of the molecule is Clc1ccc(-c2cccc(-n3c4ccccc4c4ccccc43)c2-c2ccc(-c3ccccc3)cc2)cc1. The molecule has 0 spiro atoms. The third-order valence-corrected chi connectivity index (χ3v) is 7.55. The van der Waals surface area contributed by atoms with E-state index in [4.69, 9.17) is 11.6 Å². The number of benzene rings is 6. The second kappa shape index (κ2) is 9.37. The summed E-state index contributed by atoms with van der Waals surface area (Å²) in [5, 5.41) is 3.25. The summed E-state index contributed by atoms with van der Waals surface area (Å²) in [6.45, 7) is 0. The molecule has 180 valence electrons. The Morgan fingerprint density at radius 3 is 1.58 bits per heavy atom. The van der Waals surface area contributed by atoms with Gasteiger partial charge in [-0.1, -0.05) is 127 Å². The molecule has 0 aliphatic heterocycles. The van der Waals surface area contributed by atoms with Gasteiger partial charge in [0.2, 0.25) is 0 Å². The highest BCUT2D eigenvalue weighted by Gasteiger charge is 2.18. The smallest absolute Gasteiger partial charge is 0.0546 e. The monoisotopic (exact) mass is 505 g/mol. The minimum absolute atomic E-state index is 0.737. The van der Waals surface area contributed by atoms with Gasteiger partial charge in [0.25, 0.3) is 0 Å². The number of para-hydroxylation sites is 2. The van der Waals surface area contributed by atoms with Crippen molar-refractivity contribution >= 4 is 33.4 Å². The van der Waals surface area contributed by atoms with Gasteiger partial charge >= 0.3 is 0 Å². The third-order valence-electron chi connectivity index (χ3n) is 7.30. The zero-order valence-electron chi connectivity index (χ0n) is 20.7. The van der Waals surface area contributed by atoms with E-state index in [1.165, 1.54) is 49.6 Å². The van der Waals surface area contributed by atoms with Crippen molar-refractivity contribution in [2.24, 2.45) is 0 Å². The first-order chi connectivity index (χ1) is 18.8. The van der Waals surface area contributed by atoms with Crippen LogP contribution >= 0.6 is 11.6 Å². The Bertz CT molecular complexity index is 1840. The first kappa shape index (κ1) is 22.6. The Labute approximate surface area is 227 Å². The summed E-state index contributed by atoms with van der Waals surface area (Å²) in [4.78, 5) is 0. The molecule has 2 heteroatoms. The van der Waals surface area contributed by atoms with E-state index in [1.807, 2.05) is 12.1 Å². The number of nitrogens with zero attached hydrogens (tertiary/aromatic N) is 1. The van der Waals surface area contributed by atoms with Crippen LogP contribution in [0.1, 0.15) is 0 Å². The van der Waals surface area contributed by atoms with E-state index in [9.17, 15) is 0 Å². The van der Waals surface area contributed by atoms with Crippen LogP contribution in [0.5, 0.6) is 0 Å². The van der Waals surface area contributed by atoms with Gasteiger partial charge in [0.15, 0.2) is 0 Å². The highest BCUT2D eigenvalue weighted by molar-refractivity contribution is 6.30. The van der Waals surface area contributed by atoms with Crippen LogP contribution in [-0.2, 0) is 0 Å². The van der Waals surface area contributed by atoms with Gasteiger partial charge in [-0.2, -0.15) is 0 Å². The molecule has 0 aliphatic carbocycles. The fraction of sp³-hybridized carbons (Fsp3) is 0. The second-order valence-electron chi connectivity index (χ2n) is 9.52. The van der Waals surface area contributed by atoms with E-state index in [1.54, 1.807) is 0 Å². The Kier molecular flexibility index (Phi) is 5.57. The summed E-state index contributed by atoms with van der Waals surface area (Å²) < 4.78 is 2.41. The summed E-state index contributed by atoms with van der Waals surface area (Å²) in [6, 6.07) is 51.5. The lowest BCUT2D eigenvalue weighted by Crippen LogP contribution is -1.99. The zero-order chi connectivity index (χ0) is 25.5. The van der Waals surface area contributed by atoms with E-state index < -0.39 is 0 Å². The first-order valence-electron chi connectivity index (χ1n) is 12.8. The van der Waals surface area contributed by atoms with Crippen molar-refractivity contribution in [3.63, 3.8) is 0 Å². The van der Waals surface area contributed by atoms with Crippen LogP contribution in [0, 0.1) is 0 Å². The van der Waals surface area contributed by atoms with E-state index in [2.05, 4.69) is 138 Å². The van der Waals surface area contributed by atoms with Crippen LogP contribution in [0.3, 0.4) is 0 Å². The molecule has 38 heavy (non-hydrogen) atoms. The number of halogens is 1. The molecule has 0 fully saturated rings. The van der Waals surface area contributed by atoms with Crippen LogP contribution in [0.2, 0.25) is 5.02 Å². The van der Waals surface area contributed by atoms with Gasteiger partial charge < -0.3 is 4.57 Å². The van der Waals surface area contributed by atoms with Gasteiger partial charge in [-0.15, -0.1) is 0 Å². The summed E-state index contributed by atoms with van der Waals surface area (Å²) >= 11 is 6.27. The lowest BCUT2D eigenvalue weighted by Gasteiger charge is -2.19. The molecule has 0 amide bonds. The third kappa shape index (κ3) is 3.80. The molecular formula is C36H24ClN. The van der Waals surface area contributed by atoms with Crippen molar-refractivity contribution in [1.82, 2.24) is 4.57 Å². The summed E-state index contributed by atoms with van der Waals surface area (Å²) in [5.41, 5.74) is 10.7. The van der Waals surface area contributed by atoms with Crippen molar-refractivity contribution in [1.29, 1.82) is 0 Å². The van der Waals surface area contributed by atoms with Crippen LogP contribution in [0.15, 0.2) is 146 Å². The number of rotatable bonds is 4. The molecule has 0 atom stereocenters. The molecule has 7 rings (SSSR count). The molecule has 0 saturated carbocycles. The van der Waals surface area contributed by atoms with Gasteiger partial charge in [-0.05, 0) is 58.1 Å². The van der Waals surface area contributed by atoms with Crippen molar-refractivity contribution in [2.75, 3.05) is 0 Å². The fourth-order valence-electron chi connectivity index (χ4n) is 5.54. The van der Waals surface area contributed by atoms with Gasteiger partial charge in [-0.25, -0.2) is 0 Å². The van der Waals surface area contributed by atoms with E-state index in [-0.39, 0.29) is 0 Å². The van der Waals surface area contributed by atoms with E-state index in [0.717, 1.165) is 16.3 Å². The molecule has 1 heterocycles. The van der Waals surface area contributed by atoms with Crippen molar-refractivity contribution in [3.05, 3.63) is 151 Å². The highest BCUT2D eigenvalue weighted by atomic mass is 35.5. The Hall–Kier alpha value is -4.59. The second-order valence-corrected chi connectivity index (χ2v) is 9.96. The standard InChI is InChI=1S/C36H24ClN/c37-29-23-21-27(22-24-29)30-13-8-16-35(36(30)28-19-17-26(18-20-28)25-9-2-1-3-10-25)38-33-14-6-4-11-31(33)32-12-5-7-15-34(32)38/h1-24H. The maximum atomic E-state index is 6.27. The van der Waals surface area contributed by atoms with Crippen LogP contribution in [0.25, 0.3) is 60.9 Å². The van der Waals surface area contributed by atoms with Gasteiger partial charge in [0, 0.05) is 21.4 Å². The van der Waals surface area contributed by atoms with Crippen LogP contribution in [-0.4, -0.2) is 4.57 Å². The molecule has 0 radical (unpaired) electrons. The Balaban J connectivity index is 1.53. The van der Waals surface area contributed by atoms with Crippen LogP contribution < -0.4 is 0 Å². The van der Waals surface area contributed by atoms with Gasteiger partial charge in [0.05, 0.1) is 16.7 Å². The minimum atomic E-state index is 0.737. The highest BCUT2D eigenvalue weighted by Crippen LogP contribution is 2.41. The van der Waals surface area contributed by atoms with Gasteiger partial charge in [0.1, 0.15) is 0 Å². The molecule has 7 aromatic rings. The van der Waals surface area contributed by atoms with E-state index >= 15 is 0 Å². The number of hydrogen-bond acceptors (Lipinski definition) is 0. The number of fused-ring (bicyclic) bond motifs is 3. The van der Waals surface area contributed by atoms with Crippen molar-refractivity contribution in [3.8, 4) is 39.1 Å². The fourth-order valence-corrected chi connectivity index (χ4v) is 5.67. The maximum absolute atomic E-state index is 6.27. The van der Waals surface area contributed by atoms with Crippen molar-refractivity contribution < 1.29 is 0 Å². The summed E-state index contributed by atoms with van der Waals surface area (Å²) in [7, 11) is 0. The minimum Gasteiger partial charge on any atom is -0.309 e. The average Bonchev–Trinajstić information content (AvgIpc) is 3.32. The Morgan fingerprint density at radius 2 is 0.921 bits per heavy atom. The quantitative estimate of drug-likeness (QED) is 0.224. The average molecular weight is 506 g/mol. The van der Waals surface area contributed by atoms with Crippen molar-refractivity contribution in [2.45, 2.75) is 0 Å². The predicted molar refractivity (Wildman–Crippen MR) is 162 cm³/mol. The molecule has 0 bridgehead atoms. The summed E-state index contributed by atoms with van der Waals surface area (Å²) in [6.07, 6.45) is 0.